The van der Waals surface area contributed by atoms with Crippen LogP contribution in [0, 0.1) is 11.3 Å². The Bertz CT molecular complexity index is 139. The molecule has 0 aliphatic carbocycles. The van der Waals surface area contributed by atoms with E-state index in [-0.39, 0.29) is 5.91 Å². The molecule has 4 heteroatoms. The zero-order valence-corrected chi connectivity index (χ0v) is 5.89. The van der Waals surface area contributed by atoms with Gasteiger partial charge in [0.25, 0.3) is 0 Å². The van der Waals surface area contributed by atoms with Crippen LogP contribution in [0.2, 0.25) is 0 Å². The second kappa shape index (κ2) is 6.05. The molecular weight excluding hydrogens is 132 g/mol. The number of nitriles is 1. The average molecular weight is 142 g/mol. The number of nitrogens with zero attached hydrogens (tertiary/aromatic N) is 1. The summed E-state index contributed by atoms with van der Waals surface area (Å²) in [5.74, 6) is -0.183. The van der Waals surface area contributed by atoms with Gasteiger partial charge in [0.1, 0.15) is 0 Å². The van der Waals surface area contributed by atoms with E-state index in [2.05, 4.69) is 10.3 Å². The molecule has 0 unspecified atom stereocenters. The first-order valence-electron chi connectivity index (χ1n) is 3.00. The minimum atomic E-state index is -0.183. The predicted octanol–water partition coefficient (Wildman–Crippen LogP) is 0.358. The topological polar surface area (TPSA) is 62.1 Å². The molecule has 0 heterocycles. The lowest BCUT2D eigenvalue weighted by Gasteiger charge is -1.97. The second-order valence-corrected chi connectivity index (χ2v) is 1.74. The first-order valence-corrected chi connectivity index (χ1v) is 3.00. The van der Waals surface area contributed by atoms with Crippen LogP contribution in [0.3, 0.4) is 0 Å². The molecule has 0 atom stereocenters. The van der Waals surface area contributed by atoms with E-state index in [0.29, 0.717) is 19.3 Å². The SMILES string of the molecule is CONC(=O)CCCC#N. The fraction of sp³-hybridized carbons (Fsp3) is 0.667. The molecule has 0 aromatic heterocycles. The summed E-state index contributed by atoms with van der Waals surface area (Å²) in [6.45, 7) is 0. The second-order valence-electron chi connectivity index (χ2n) is 1.74. The molecule has 1 amide bonds. The van der Waals surface area contributed by atoms with Crippen LogP contribution in [-0.4, -0.2) is 13.0 Å². The van der Waals surface area contributed by atoms with Crippen molar-refractivity contribution in [2.75, 3.05) is 7.11 Å². The monoisotopic (exact) mass is 142 g/mol. The first-order chi connectivity index (χ1) is 4.81. The van der Waals surface area contributed by atoms with Crippen molar-refractivity contribution in [3.05, 3.63) is 0 Å². The van der Waals surface area contributed by atoms with Crippen LogP contribution in [0.15, 0.2) is 0 Å². The Morgan fingerprint density at radius 1 is 1.80 bits per heavy atom. The van der Waals surface area contributed by atoms with Gasteiger partial charge in [0.15, 0.2) is 0 Å². The van der Waals surface area contributed by atoms with E-state index in [9.17, 15) is 4.79 Å². The molecule has 0 aliphatic heterocycles. The van der Waals surface area contributed by atoms with Gasteiger partial charge in [-0.2, -0.15) is 5.26 Å². The lowest BCUT2D eigenvalue weighted by molar-refractivity contribution is -0.131. The van der Waals surface area contributed by atoms with E-state index >= 15 is 0 Å². The smallest absolute Gasteiger partial charge is 0.243 e. The summed E-state index contributed by atoms with van der Waals surface area (Å²) < 4.78 is 0. The van der Waals surface area contributed by atoms with Gasteiger partial charge < -0.3 is 0 Å². The molecule has 0 aromatic rings. The molecule has 0 saturated carbocycles. The summed E-state index contributed by atoms with van der Waals surface area (Å²) in [5.41, 5.74) is 2.16. The van der Waals surface area contributed by atoms with Gasteiger partial charge in [-0.05, 0) is 6.42 Å². The molecule has 0 fully saturated rings. The van der Waals surface area contributed by atoms with Crippen molar-refractivity contribution >= 4 is 5.91 Å². The summed E-state index contributed by atoms with van der Waals surface area (Å²) in [7, 11) is 1.38. The highest BCUT2D eigenvalue weighted by Gasteiger charge is 1.97. The van der Waals surface area contributed by atoms with Gasteiger partial charge in [-0.25, -0.2) is 5.48 Å². The number of nitrogens with one attached hydrogen (secondary N) is 1. The highest BCUT2D eigenvalue weighted by atomic mass is 16.6. The van der Waals surface area contributed by atoms with Gasteiger partial charge >= 0.3 is 0 Å². The Morgan fingerprint density at radius 2 is 2.50 bits per heavy atom. The summed E-state index contributed by atoms with van der Waals surface area (Å²) in [5, 5.41) is 8.10. The fourth-order valence-corrected chi connectivity index (χ4v) is 0.493. The van der Waals surface area contributed by atoms with Gasteiger partial charge in [-0.3, -0.25) is 9.63 Å². The van der Waals surface area contributed by atoms with Crippen LogP contribution in [0.4, 0.5) is 0 Å². The maximum atomic E-state index is 10.6. The Hall–Kier alpha value is -1.08. The van der Waals surface area contributed by atoms with Crippen molar-refractivity contribution < 1.29 is 9.63 Å². The van der Waals surface area contributed by atoms with E-state index in [1.54, 1.807) is 0 Å². The highest BCUT2D eigenvalue weighted by Crippen LogP contribution is 1.92. The maximum absolute atomic E-state index is 10.6. The quantitative estimate of drug-likeness (QED) is 0.455. The molecule has 10 heavy (non-hydrogen) atoms. The fourth-order valence-electron chi connectivity index (χ4n) is 0.493. The van der Waals surface area contributed by atoms with E-state index < -0.39 is 0 Å². The van der Waals surface area contributed by atoms with Gasteiger partial charge in [-0.15, -0.1) is 0 Å². The Balaban J connectivity index is 3.15. The van der Waals surface area contributed by atoms with E-state index in [1.807, 2.05) is 6.07 Å². The van der Waals surface area contributed by atoms with Crippen LogP contribution in [0.5, 0.6) is 0 Å². The number of hydrogen-bond acceptors (Lipinski definition) is 3. The first kappa shape index (κ1) is 8.92. The van der Waals surface area contributed by atoms with Crippen molar-refractivity contribution in [1.29, 1.82) is 5.26 Å². The van der Waals surface area contributed by atoms with E-state index in [0.717, 1.165) is 0 Å². The average Bonchev–Trinajstić information content (AvgIpc) is 1.89. The molecule has 0 saturated heterocycles. The Labute approximate surface area is 59.7 Å². The molecule has 1 N–H and O–H groups in total. The summed E-state index contributed by atoms with van der Waals surface area (Å²) in [4.78, 5) is 14.9. The van der Waals surface area contributed by atoms with Crippen LogP contribution < -0.4 is 5.48 Å². The van der Waals surface area contributed by atoms with E-state index in [1.165, 1.54) is 7.11 Å². The molecule has 0 aromatic carbocycles. The summed E-state index contributed by atoms with van der Waals surface area (Å²) in [6, 6.07) is 1.94. The largest absolute Gasteiger partial charge is 0.277 e. The number of hydrogen-bond donors (Lipinski definition) is 1. The van der Waals surface area contributed by atoms with Crippen molar-refractivity contribution in [1.82, 2.24) is 5.48 Å². The molecule has 0 rings (SSSR count). The van der Waals surface area contributed by atoms with Crippen LogP contribution in [0.25, 0.3) is 0 Å². The van der Waals surface area contributed by atoms with Crippen molar-refractivity contribution in [3.63, 3.8) is 0 Å². The minimum Gasteiger partial charge on any atom is -0.277 e. The third-order valence-electron chi connectivity index (χ3n) is 0.908. The van der Waals surface area contributed by atoms with Crippen LogP contribution in [0.1, 0.15) is 19.3 Å². The summed E-state index contributed by atoms with van der Waals surface area (Å²) >= 11 is 0. The third kappa shape index (κ3) is 5.06. The van der Waals surface area contributed by atoms with E-state index in [4.69, 9.17) is 5.26 Å². The molecule has 0 aliphatic rings. The van der Waals surface area contributed by atoms with Gasteiger partial charge in [0, 0.05) is 12.8 Å². The number of unbranched alkanes of at least 4 members (excludes halogenated alkanes) is 1. The number of hydroxylamine groups is 1. The van der Waals surface area contributed by atoms with Crippen LogP contribution in [-0.2, 0) is 9.63 Å². The lowest BCUT2D eigenvalue weighted by Crippen LogP contribution is -2.21. The number of carbonyl (C=O) groups is 1. The van der Waals surface area contributed by atoms with Crippen LogP contribution >= 0.6 is 0 Å². The molecule has 56 valence electrons. The molecule has 0 spiro atoms. The zero-order chi connectivity index (χ0) is 7.82. The molecular formula is C6H10N2O2. The standard InChI is InChI=1S/C6H10N2O2/c1-10-8-6(9)4-2-3-5-7/h2-4H2,1H3,(H,8,9). The maximum Gasteiger partial charge on any atom is 0.243 e. The number of carbonyl (C=O) groups excluding carboxylic acids is 1. The highest BCUT2D eigenvalue weighted by molar-refractivity contribution is 5.74. The van der Waals surface area contributed by atoms with Gasteiger partial charge in [0.05, 0.1) is 13.2 Å². The lowest BCUT2D eigenvalue weighted by atomic mass is 10.2. The van der Waals surface area contributed by atoms with Gasteiger partial charge in [-0.1, -0.05) is 0 Å². The van der Waals surface area contributed by atoms with Crippen molar-refractivity contribution in [2.45, 2.75) is 19.3 Å². The Morgan fingerprint density at radius 3 is 3.00 bits per heavy atom. The van der Waals surface area contributed by atoms with Gasteiger partial charge in [0.2, 0.25) is 5.91 Å². The van der Waals surface area contributed by atoms with Crippen molar-refractivity contribution in [2.24, 2.45) is 0 Å². The summed E-state index contributed by atoms with van der Waals surface area (Å²) in [6.07, 6.45) is 1.35. The van der Waals surface area contributed by atoms with Crippen molar-refractivity contribution in [3.8, 4) is 6.07 Å². The third-order valence-corrected chi connectivity index (χ3v) is 0.908. The Kier molecular flexibility index (Phi) is 5.39. The molecule has 0 radical (unpaired) electrons. The normalized spacial score (nSPS) is 8.40. The molecule has 0 bridgehead atoms. The predicted molar refractivity (Wildman–Crippen MR) is 34.6 cm³/mol. The zero-order valence-electron chi connectivity index (χ0n) is 5.89. The number of amides is 1. The minimum absolute atomic E-state index is 0.183. The number of rotatable bonds is 4. The molecule has 4 nitrogen and oxygen atoms in total.